The lowest BCUT2D eigenvalue weighted by Crippen LogP contribution is -2.33. The molecule has 0 aliphatic heterocycles. The van der Waals surface area contributed by atoms with E-state index in [0.717, 1.165) is 25.1 Å². The molecule has 0 aromatic heterocycles. The summed E-state index contributed by atoms with van der Waals surface area (Å²) in [5.41, 5.74) is 1.10. The molecule has 0 radical (unpaired) electrons. The van der Waals surface area contributed by atoms with Gasteiger partial charge in [0.05, 0.1) is 14.2 Å². The first-order chi connectivity index (χ1) is 10.1. The van der Waals surface area contributed by atoms with Crippen molar-refractivity contribution >= 4 is 0 Å². The van der Waals surface area contributed by atoms with E-state index in [1.54, 1.807) is 14.2 Å². The zero-order valence-electron chi connectivity index (χ0n) is 14.0. The van der Waals surface area contributed by atoms with Crippen LogP contribution in [0, 0.1) is 0 Å². The summed E-state index contributed by atoms with van der Waals surface area (Å²) in [6.45, 7) is 8.59. The number of phenolic OH excluding ortho intramolecular Hbond substituents is 1. The fraction of sp³-hybridized carbons (Fsp3) is 0.647. The molecular weight excluding hydrogens is 266 g/mol. The molecule has 1 N–H and O–H groups in total. The Labute approximate surface area is 128 Å². The number of phenols is 1. The second-order valence-corrected chi connectivity index (χ2v) is 5.43. The van der Waals surface area contributed by atoms with Crippen LogP contribution in [-0.2, 0) is 6.54 Å². The molecular formula is C17H29NO3. The molecule has 4 nitrogen and oxygen atoms in total. The highest BCUT2D eigenvalue weighted by molar-refractivity contribution is 5.52. The summed E-state index contributed by atoms with van der Waals surface area (Å²) in [5.74, 6) is 0.986. The molecule has 1 aromatic carbocycles. The van der Waals surface area contributed by atoms with Crippen molar-refractivity contribution in [3.63, 3.8) is 0 Å². The Balaban J connectivity index is 2.96. The first-order valence-corrected chi connectivity index (χ1v) is 7.75. The maximum atomic E-state index is 9.98. The number of hydrogen-bond donors (Lipinski definition) is 1. The van der Waals surface area contributed by atoms with Gasteiger partial charge in [-0.2, -0.15) is 0 Å². The Hall–Kier alpha value is -1.42. The predicted octanol–water partition coefficient (Wildman–Crippen LogP) is 3.81. The number of unbranched alkanes of at least 4 members (excludes halogenated alkanes) is 1. The minimum Gasteiger partial charge on any atom is -0.502 e. The molecule has 1 unspecified atom stereocenters. The van der Waals surface area contributed by atoms with Crippen molar-refractivity contribution in [2.45, 2.75) is 52.6 Å². The molecule has 0 aliphatic carbocycles. The molecule has 0 bridgehead atoms. The van der Waals surface area contributed by atoms with Crippen molar-refractivity contribution in [1.82, 2.24) is 4.90 Å². The van der Waals surface area contributed by atoms with Gasteiger partial charge in [-0.05, 0) is 44.0 Å². The fourth-order valence-electron chi connectivity index (χ4n) is 2.35. The van der Waals surface area contributed by atoms with Gasteiger partial charge in [0, 0.05) is 12.6 Å². The van der Waals surface area contributed by atoms with Crippen LogP contribution in [0.1, 0.15) is 45.6 Å². The molecule has 0 saturated heterocycles. The lowest BCUT2D eigenvalue weighted by atomic mass is 10.1. The van der Waals surface area contributed by atoms with Gasteiger partial charge in [-0.25, -0.2) is 0 Å². The third-order valence-corrected chi connectivity index (χ3v) is 3.94. The molecule has 0 spiro atoms. The summed E-state index contributed by atoms with van der Waals surface area (Å²) in [6.07, 6.45) is 3.50. The molecule has 0 saturated carbocycles. The van der Waals surface area contributed by atoms with E-state index in [0.29, 0.717) is 17.5 Å². The zero-order valence-corrected chi connectivity index (χ0v) is 14.0. The quantitative estimate of drug-likeness (QED) is 0.752. The van der Waals surface area contributed by atoms with Gasteiger partial charge in [-0.1, -0.05) is 20.3 Å². The van der Waals surface area contributed by atoms with E-state index in [1.165, 1.54) is 12.8 Å². The Morgan fingerprint density at radius 1 is 1.14 bits per heavy atom. The number of ether oxygens (including phenoxy) is 2. The summed E-state index contributed by atoms with van der Waals surface area (Å²) < 4.78 is 10.5. The second kappa shape index (κ2) is 8.78. The maximum absolute atomic E-state index is 9.98. The Kier molecular flexibility index (Phi) is 7.37. The molecule has 4 heteroatoms. The van der Waals surface area contributed by atoms with Gasteiger partial charge in [-0.15, -0.1) is 0 Å². The smallest absolute Gasteiger partial charge is 0.200 e. The van der Waals surface area contributed by atoms with E-state index < -0.39 is 0 Å². The third kappa shape index (κ3) is 4.81. The van der Waals surface area contributed by atoms with Crippen LogP contribution in [0.3, 0.4) is 0 Å². The first kappa shape index (κ1) is 17.6. The standard InChI is InChI=1S/C17H29NO3/c1-6-8-9-18(13(3)7-2)12-14-10-15(20-4)17(19)16(11-14)21-5/h10-11,13,19H,6-9,12H2,1-5H3. The number of hydrogen-bond acceptors (Lipinski definition) is 4. The monoisotopic (exact) mass is 295 g/mol. The molecule has 0 fully saturated rings. The van der Waals surface area contributed by atoms with Crippen LogP contribution in [0.15, 0.2) is 12.1 Å². The van der Waals surface area contributed by atoms with Crippen LogP contribution >= 0.6 is 0 Å². The minimum absolute atomic E-state index is 0.0624. The van der Waals surface area contributed by atoms with Gasteiger partial charge in [0.15, 0.2) is 11.5 Å². The first-order valence-electron chi connectivity index (χ1n) is 7.75. The summed E-state index contributed by atoms with van der Waals surface area (Å²) >= 11 is 0. The maximum Gasteiger partial charge on any atom is 0.200 e. The summed E-state index contributed by atoms with van der Waals surface area (Å²) in [4.78, 5) is 2.47. The number of aromatic hydroxyl groups is 1. The summed E-state index contributed by atoms with van der Waals surface area (Å²) in [7, 11) is 3.11. The average Bonchev–Trinajstić information content (AvgIpc) is 2.51. The van der Waals surface area contributed by atoms with Crippen LogP contribution < -0.4 is 9.47 Å². The molecule has 0 heterocycles. The highest BCUT2D eigenvalue weighted by atomic mass is 16.5. The molecule has 1 atom stereocenters. The third-order valence-electron chi connectivity index (χ3n) is 3.94. The highest BCUT2D eigenvalue weighted by Crippen LogP contribution is 2.37. The zero-order chi connectivity index (χ0) is 15.8. The number of methoxy groups -OCH3 is 2. The van der Waals surface area contributed by atoms with Crippen molar-refractivity contribution in [3.8, 4) is 17.2 Å². The number of benzene rings is 1. The predicted molar refractivity (Wildman–Crippen MR) is 86.3 cm³/mol. The molecule has 1 aromatic rings. The van der Waals surface area contributed by atoms with E-state index in [-0.39, 0.29) is 5.75 Å². The van der Waals surface area contributed by atoms with Crippen molar-refractivity contribution in [2.75, 3.05) is 20.8 Å². The van der Waals surface area contributed by atoms with Crippen molar-refractivity contribution < 1.29 is 14.6 Å². The van der Waals surface area contributed by atoms with Crippen molar-refractivity contribution in [3.05, 3.63) is 17.7 Å². The lowest BCUT2D eigenvalue weighted by Gasteiger charge is -2.28. The van der Waals surface area contributed by atoms with E-state index in [9.17, 15) is 5.11 Å². The van der Waals surface area contributed by atoms with Gasteiger partial charge >= 0.3 is 0 Å². The van der Waals surface area contributed by atoms with E-state index >= 15 is 0 Å². The largest absolute Gasteiger partial charge is 0.502 e. The van der Waals surface area contributed by atoms with E-state index in [2.05, 4.69) is 25.7 Å². The van der Waals surface area contributed by atoms with Crippen LogP contribution in [0.5, 0.6) is 17.2 Å². The van der Waals surface area contributed by atoms with E-state index in [1.807, 2.05) is 12.1 Å². The summed E-state index contributed by atoms with van der Waals surface area (Å²) in [6, 6.07) is 4.31. The van der Waals surface area contributed by atoms with Crippen LogP contribution in [0.2, 0.25) is 0 Å². The minimum atomic E-state index is 0.0624. The van der Waals surface area contributed by atoms with Crippen LogP contribution in [-0.4, -0.2) is 36.8 Å². The highest BCUT2D eigenvalue weighted by Gasteiger charge is 2.16. The van der Waals surface area contributed by atoms with Crippen molar-refractivity contribution in [2.24, 2.45) is 0 Å². The fourth-order valence-corrected chi connectivity index (χ4v) is 2.35. The molecule has 21 heavy (non-hydrogen) atoms. The Bertz CT molecular complexity index is 409. The number of rotatable bonds is 9. The second-order valence-electron chi connectivity index (χ2n) is 5.43. The van der Waals surface area contributed by atoms with Crippen LogP contribution in [0.25, 0.3) is 0 Å². The van der Waals surface area contributed by atoms with Gasteiger partial charge in [-0.3, -0.25) is 4.90 Å². The molecule has 0 aliphatic rings. The normalized spacial score (nSPS) is 12.5. The van der Waals surface area contributed by atoms with Gasteiger partial charge in [0.25, 0.3) is 0 Å². The lowest BCUT2D eigenvalue weighted by molar-refractivity contribution is 0.191. The van der Waals surface area contributed by atoms with Gasteiger partial charge in [0.2, 0.25) is 5.75 Å². The molecule has 0 amide bonds. The Morgan fingerprint density at radius 2 is 1.71 bits per heavy atom. The average molecular weight is 295 g/mol. The van der Waals surface area contributed by atoms with Crippen molar-refractivity contribution in [1.29, 1.82) is 0 Å². The van der Waals surface area contributed by atoms with Gasteiger partial charge in [0.1, 0.15) is 0 Å². The van der Waals surface area contributed by atoms with Crippen LogP contribution in [0.4, 0.5) is 0 Å². The number of nitrogens with zero attached hydrogens (tertiary/aromatic N) is 1. The Morgan fingerprint density at radius 3 is 2.14 bits per heavy atom. The van der Waals surface area contributed by atoms with E-state index in [4.69, 9.17) is 9.47 Å². The summed E-state index contributed by atoms with van der Waals surface area (Å²) in [5, 5.41) is 9.98. The van der Waals surface area contributed by atoms with Gasteiger partial charge < -0.3 is 14.6 Å². The topological polar surface area (TPSA) is 41.9 Å². The SMILES string of the molecule is CCCCN(Cc1cc(OC)c(O)c(OC)c1)C(C)CC. The molecule has 1 rings (SSSR count). The molecule has 120 valence electrons.